The summed E-state index contributed by atoms with van der Waals surface area (Å²) < 4.78 is 16.4. The summed E-state index contributed by atoms with van der Waals surface area (Å²) in [5, 5.41) is 0. The Morgan fingerprint density at radius 2 is 2.00 bits per heavy atom. The molecule has 4 nitrogen and oxygen atoms in total. The molecule has 1 saturated heterocycles. The largest absolute Gasteiger partial charge is 0.429 e. The fraction of sp³-hybridized carbons (Fsp3) is 0.750. The van der Waals surface area contributed by atoms with Crippen LogP contribution < -0.4 is 0 Å². The van der Waals surface area contributed by atoms with Gasteiger partial charge in [-0.25, -0.2) is 4.79 Å². The molecule has 0 aromatic heterocycles. The number of carbonyl (C=O) groups excluding carboxylic acids is 1. The topological polar surface area (TPSA) is 44.8 Å². The van der Waals surface area contributed by atoms with E-state index in [1.165, 1.54) is 0 Å². The third kappa shape index (κ3) is 3.61. The van der Waals surface area contributed by atoms with Gasteiger partial charge in [-0.3, -0.25) is 0 Å². The molecule has 0 aromatic carbocycles. The molecule has 0 amide bonds. The van der Waals surface area contributed by atoms with E-state index in [1.807, 2.05) is 13.8 Å². The number of hydrogen-bond donors (Lipinski definition) is 0. The Hall–Kier alpha value is -0.870. The molecule has 1 aliphatic heterocycles. The van der Waals surface area contributed by atoms with Gasteiger partial charge in [-0.1, -0.05) is 6.58 Å². The molecular formula is C12H20O4. The number of esters is 1. The van der Waals surface area contributed by atoms with Gasteiger partial charge in [0, 0.05) is 12.2 Å². The van der Waals surface area contributed by atoms with E-state index in [4.69, 9.17) is 14.2 Å². The lowest BCUT2D eigenvalue weighted by Crippen LogP contribution is -2.45. The zero-order valence-electron chi connectivity index (χ0n) is 10.2. The van der Waals surface area contributed by atoms with Crippen LogP contribution in [-0.4, -0.2) is 31.1 Å². The van der Waals surface area contributed by atoms with Crippen molar-refractivity contribution in [1.82, 2.24) is 0 Å². The summed E-state index contributed by atoms with van der Waals surface area (Å²) in [6.45, 7) is 10.1. The second kappa shape index (κ2) is 5.46. The fourth-order valence-corrected chi connectivity index (χ4v) is 1.37. The molecule has 92 valence electrons. The van der Waals surface area contributed by atoms with Gasteiger partial charge in [-0.2, -0.15) is 0 Å². The minimum Gasteiger partial charge on any atom is -0.429 e. The molecule has 0 spiro atoms. The average molecular weight is 228 g/mol. The molecular weight excluding hydrogens is 208 g/mol. The molecule has 0 saturated carbocycles. The highest BCUT2D eigenvalue weighted by atomic mass is 16.7. The van der Waals surface area contributed by atoms with Crippen molar-refractivity contribution < 1.29 is 19.0 Å². The summed E-state index contributed by atoms with van der Waals surface area (Å²) in [6, 6.07) is 0. The predicted octanol–water partition coefficient (Wildman–Crippen LogP) is 2.04. The first kappa shape index (κ1) is 13.2. The van der Waals surface area contributed by atoms with Crippen molar-refractivity contribution in [3.63, 3.8) is 0 Å². The molecule has 1 fully saturated rings. The molecule has 1 unspecified atom stereocenters. The Bertz CT molecular complexity index is 270. The first-order valence-corrected chi connectivity index (χ1v) is 5.55. The Morgan fingerprint density at radius 1 is 1.38 bits per heavy atom. The molecule has 0 aliphatic carbocycles. The third-order valence-electron chi connectivity index (χ3n) is 2.41. The molecule has 1 rings (SSSR count). The van der Waals surface area contributed by atoms with Crippen LogP contribution in [-0.2, 0) is 19.0 Å². The van der Waals surface area contributed by atoms with Crippen molar-refractivity contribution in [3.8, 4) is 0 Å². The fourth-order valence-electron chi connectivity index (χ4n) is 1.37. The van der Waals surface area contributed by atoms with E-state index in [1.54, 1.807) is 6.92 Å². The second-order valence-corrected chi connectivity index (χ2v) is 4.55. The van der Waals surface area contributed by atoms with Gasteiger partial charge in [0.15, 0.2) is 0 Å². The van der Waals surface area contributed by atoms with Gasteiger partial charge in [0.05, 0.1) is 6.61 Å². The van der Waals surface area contributed by atoms with E-state index in [0.29, 0.717) is 18.8 Å². The SMILES string of the molecule is C=C(C)C(=O)OC1OCCCCOC1(C)C. The van der Waals surface area contributed by atoms with Crippen molar-refractivity contribution >= 4 is 5.97 Å². The molecule has 1 aliphatic rings. The van der Waals surface area contributed by atoms with E-state index in [9.17, 15) is 4.79 Å². The first-order chi connectivity index (χ1) is 7.43. The first-order valence-electron chi connectivity index (χ1n) is 5.55. The van der Waals surface area contributed by atoms with Crippen molar-refractivity contribution in [2.75, 3.05) is 13.2 Å². The lowest BCUT2D eigenvalue weighted by Gasteiger charge is -2.35. The van der Waals surface area contributed by atoms with Gasteiger partial charge in [-0.05, 0) is 33.6 Å². The molecule has 16 heavy (non-hydrogen) atoms. The number of rotatable bonds is 2. The summed E-state index contributed by atoms with van der Waals surface area (Å²) in [4.78, 5) is 11.4. The van der Waals surface area contributed by atoms with Crippen LogP contribution in [0.2, 0.25) is 0 Å². The molecule has 0 bridgehead atoms. The molecule has 0 radical (unpaired) electrons. The van der Waals surface area contributed by atoms with E-state index in [0.717, 1.165) is 12.8 Å². The lowest BCUT2D eigenvalue weighted by molar-refractivity contribution is -0.243. The summed E-state index contributed by atoms with van der Waals surface area (Å²) in [5.74, 6) is -0.442. The third-order valence-corrected chi connectivity index (χ3v) is 2.41. The van der Waals surface area contributed by atoms with Crippen LogP contribution >= 0.6 is 0 Å². The highest BCUT2D eigenvalue weighted by molar-refractivity contribution is 5.87. The van der Waals surface area contributed by atoms with Gasteiger partial charge >= 0.3 is 5.97 Å². The van der Waals surface area contributed by atoms with E-state index >= 15 is 0 Å². The van der Waals surface area contributed by atoms with Crippen LogP contribution in [0.3, 0.4) is 0 Å². The molecule has 1 atom stereocenters. The highest BCUT2D eigenvalue weighted by Gasteiger charge is 2.35. The molecule has 1 heterocycles. The van der Waals surface area contributed by atoms with Crippen molar-refractivity contribution in [2.45, 2.75) is 45.5 Å². The summed E-state index contributed by atoms with van der Waals surface area (Å²) in [6.07, 6.45) is 1.21. The lowest BCUT2D eigenvalue weighted by atomic mass is 10.1. The normalized spacial score (nSPS) is 25.3. The molecule has 0 N–H and O–H groups in total. The maximum Gasteiger partial charge on any atom is 0.335 e. The Balaban J connectivity index is 2.65. The van der Waals surface area contributed by atoms with Gasteiger partial charge in [0.2, 0.25) is 6.29 Å². The van der Waals surface area contributed by atoms with E-state index in [2.05, 4.69) is 6.58 Å². The Morgan fingerprint density at radius 3 is 2.62 bits per heavy atom. The van der Waals surface area contributed by atoms with Crippen LogP contribution in [0.5, 0.6) is 0 Å². The number of hydrogen-bond acceptors (Lipinski definition) is 4. The Kier molecular flexibility index (Phi) is 4.50. The summed E-state index contributed by atoms with van der Waals surface area (Å²) in [5.41, 5.74) is -0.257. The van der Waals surface area contributed by atoms with E-state index in [-0.39, 0.29) is 0 Å². The zero-order valence-corrected chi connectivity index (χ0v) is 10.2. The van der Waals surface area contributed by atoms with Gasteiger partial charge < -0.3 is 14.2 Å². The van der Waals surface area contributed by atoms with Crippen molar-refractivity contribution in [1.29, 1.82) is 0 Å². The van der Waals surface area contributed by atoms with E-state index < -0.39 is 17.9 Å². The predicted molar refractivity (Wildman–Crippen MR) is 59.9 cm³/mol. The summed E-state index contributed by atoms with van der Waals surface area (Å²) in [7, 11) is 0. The summed E-state index contributed by atoms with van der Waals surface area (Å²) >= 11 is 0. The van der Waals surface area contributed by atoms with Crippen molar-refractivity contribution in [2.24, 2.45) is 0 Å². The van der Waals surface area contributed by atoms with Crippen LogP contribution in [0.4, 0.5) is 0 Å². The standard InChI is InChI=1S/C12H20O4/c1-9(2)10(13)16-11-12(3,4)15-8-6-5-7-14-11/h11H,1,5-8H2,2-4H3. The van der Waals surface area contributed by atoms with Crippen LogP contribution in [0.25, 0.3) is 0 Å². The average Bonchev–Trinajstić information content (AvgIpc) is 2.18. The van der Waals surface area contributed by atoms with Crippen LogP contribution in [0.15, 0.2) is 12.2 Å². The quantitative estimate of drug-likeness (QED) is 0.536. The van der Waals surface area contributed by atoms with Crippen LogP contribution in [0, 0.1) is 0 Å². The zero-order chi connectivity index (χ0) is 12.2. The minimum absolute atomic E-state index is 0.362. The monoisotopic (exact) mass is 228 g/mol. The van der Waals surface area contributed by atoms with Gasteiger partial charge in [0.25, 0.3) is 0 Å². The van der Waals surface area contributed by atoms with Gasteiger partial charge in [0.1, 0.15) is 5.60 Å². The smallest absolute Gasteiger partial charge is 0.335 e. The number of ether oxygens (including phenoxy) is 3. The van der Waals surface area contributed by atoms with Crippen LogP contribution in [0.1, 0.15) is 33.6 Å². The molecule has 0 aromatic rings. The maximum atomic E-state index is 11.4. The van der Waals surface area contributed by atoms with Crippen molar-refractivity contribution in [3.05, 3.63) is 12.2 Å². The minimum atomic E-state index is -0.669. The maximum absolute atomic E-state index is 11.4. The van der Waals surface area contributed by atoms with Gasteiger partial charge in [-0.15, -0.1) is 0 Å². The second-order valence-electron chi connectivity index (χ2n) is 4.55. The molecule has 4 heteroatoms. The number of carbonyl (C=O) groups is 1. The Labute approximate surface area is 96.6 Å². The highest BCUT2D eigenvalue weighted by Crippen LogP contribution is 2.23.